The van der Waals surface area contributed by atoms with E-state index >= 15 is 0 Å². The van der Waals surface area contributed by atoms with E-state index in [0.717, 1.165) is 6.42 Å². The predicted molar refractivity (Wildman–Crippen MR) is 34.7 cm³/mol. The molecule has 0 aliphatic heterocycles. The van der Waals surface area contributed by atoms with Crippen LogP contribution in [-0.4, -0.2) is 5.38 Å². The van der Waals surface area contributed by atoms with Gasteiger partial charge in [-0.2, -0.15) is 0 Å². The first-order valence-corrected chi connectivity index (χ1v) is 2.62. The average Bonchev–Trinajstić information content (AvgIpc) is 1.68. The second-order valence-corrected chi connectivity index (χ2v) is 1.84. The lowest BCUT2D eigenvalue weighted by atomic mass is 10.3. The van der Waals surface area contributed by atoms with Crippen LogP contribution in [0.3, 0.4) is 0 Å². The zero-order valence-corrected chi connectivity index (χ0v) is 4.99. The van der Waals surface area contributed by atoms with Crippen molar-refractivity contribution in [1.29, 1.82) is 0 Å². The van der Waals surface area contributed by atoms with E-state index in [9.17, 15) is 0 Å². The maximum Gasteiger partial charge on any atom is 0.0547 e. The quantitative estimate of drug-likeness (QED) is 0.392. The van der Waals surface area contributed by atoms with E-state index in [1.807, 2.05) is 0 Å². The summed E-state index contributed by atoms with van der Waals surface area (Å²) in [6, 6.07) is 0. The van der Waals surface area contributed by atoms with E-state index in [-0.39, 0.29) is 5.38 Å². The third-order valence-corrected chi connectivity index (χ3v) is 1.00. The van der Waals surface area contributed by atoms with Crippen molar-refractivity contribution in [2.75, 3.05) is 0 Å². The van der Waals surface area contributed by atoms with Crippen LogP contribution in [0.15, 0.2) is 25.3 Å². The summed E-state index contributed by atoms with van der Waals surface area (Å²) in [7, 11) is 0. The summed E-state index contributed by atoms with van der Waals surface area (Å²) in [6.07, 6.45) is 4.29. The van der Waals surface area contributed by atoms with Gasteiger partial charge in [0, 0.05) is 0 Å². The van der Waals surface area contributed by atoms with Gasteiger partial charge in [0.05, 0.1) is 5.38 Å². The highest BCUT2D eigenvalue weighted by Gasteiger charge is 1.89. The van der Waals surface area contributed by atoms with E-state index in [4.69, 9.17) is 11.6 Å². The molecule has 0 aromatic carbocycles. The van der Waals surface area contributed by atoms with Gasteiger partial charge in [0.2, 0.25) is 0 Å². The van der Waals surface area contributed by atoms with E-state index in [2.05, 4.69) is 13.2 Å². The smallest absolute Gasteiger partial charge is 0.0547 e. The number of halogens is 1. The second kappa shape index (κ2) is 3.94. The molecular formula is C6H9Cl. The van der Waals surface area contributed by atoms with Crippen LogP contribution in [0.1, 0.15) is 6.42 Å². The molecule has 0 unspecified atom stereocenters. The summed E-state index contributed by atoms with van der Waals surface area (Å²) in [5, 5.41) is 0.0671. The van der Waals surface area contributed by atoms with Crippen molar-refractivity contribution in [2.45, 2.75) is 11.8 Å². The predicted octanol–water partition coefficient (Wildman–Crippen LogP) is 2.36. The average molecular weight is 117 g/mol. The summed E-state index contributed by atoms with van der Waals surface area (Å²) in [5.41, 5.74) is 0. The van der Waals surface area contributed by atoms with Crippen molar-refractivity contribution in [2.24, 2.45) is 0 Å². The molecule has 0 spiro atoms. The van der Waals surface area contributed by atoms with Gasteiger partial charge in [-0.15, -0.1) is 24.8 Å². The third-order valence-electron chi connectivity index (χ3n) is 0.648. The molecule has 0 bridgehead atoms. The minimum atomic E-state index is 0.0671. The van der Waals surface area contributed by atoms with Gasteiger partial charge in [-0.05, 0) is 6.42 Å². The Balaban J connectivity index is 3.15. The molecule has 0 radical (unpaired) electrons. The second-order valence-electron chi connectivity index (χ2n) is 1.28. The lowest BCUT2D eigenvalue weighted by molar-refractivity contribution is 1.07. The Morgan fingerprint density at radius 3 is 2.29 bits per heavy atom. The van der Waals surface area contributed by atoms with E-state index in [1.54, 1.807) is 12.2 Å². The summed E-state index contributed by atoms with van der Waals surface area (Å²) in [4.78, 5) is 0. The normalized spacial score (nSPS) is 12.7. The van der Waals surface area contributed by atoms with Crippen LogP contribution in [-0.2, 0) is 0 Å². The fourth-order valence-electron chi connectivity index (χ4n) is 0.255. The van der Waals surface area contributed by atoms with Gasteiger partial charge in [0.1, 0.15) is 0 Å². The molecule has 0 aliphatic carbocycles. The third kappa shape index (κ3) is 3.60. The van der Waals surface area contributed by atoms with Gasteiger partial charge in [0.25, 0.3) is 0 Å². The summed E-state index contributed by atoms with van der Waals surface area (Å²) in [5.74, 6) is 0. The zero-order chi connectivity index (χ0) is 5.70. The SMILES string of the molecule is C=CC[C@H](Cl)C=C. The maximum atomic E-state index is 5.58. The molecule has 1 heteroatoms. The molecule has 0 N–H and O–H groups in total. The fourth-order valence-corrected chi connectivity index (χ4v) is 0.381. The summed E-state index contributed by atoms with van der Waals surface area (Å²) < 4.78 is 0. The Labute approximate surface area is 49.5 Å². The lowest BCUT2D eigenvalue weighted by Gasteiger charge is -1.92. The Morgan fingerprint density at radius 1 is 1.57 bits per heavy atom. The van der Waals surface area contributed by atoms with Crippen LogP contribution < -0.4 is 0 Å². The molecule has 0 rings (SSSR count). The number of rotatable bonds is 3. The molecule has 0 amide bonds. The molecule has 1 atom stereocenters. The Kier molecular flexibility index (Phi) is 3.81. The van der Waals surface area contributed by atoms with Gasteiger partial charge in [0.15, 0.2) is 0 Å². The van der Waals surface area contributed by atoms with Gasteiger partial charge in [-0.1, -0.05) is 12.2 Å². The highest BCUT2D eigenvalue weighted by molar-refractivity contribution is 6.21. The van der Waals surface area contributed by atoms with Crippen molar-refractivity contribution in [3.05, 3.63) is 25.3 Å². The molecule has 0 saturated heterocycles. The standard InChI is InChI=1S/C6H9Cl/c1-3-5-6(7)4-2/h3-4,6H,1-2,5H2/t6-/m1/s1. The number of allylic oxidation sites excluding steroid dienone is 2. The molecule has 0 aliphatic rings. The van der Waals surface area contributed by atoms with Crippen molar-refractivity contribution < 1.29 is 0 Å². The van der Waals surface area contributed by atoms with Gasteiger partial charge in [-0.3, -0.25) is 0 Å². The van der Waals surface area contributed by atoms with Crippen LogP contribution in [0, 0.1) is 0 Å². The largest absolute Gasteiger partial charge is 0.118 e. The van der Waals surface area contributed by atoms with E-state index in [1.165, 1.54) is 0 Å². The highest BCUT2D eigenvalue weighted by atomic mass is 35.5. The Morgan fingerprint density at radius 2 is 2.14 bits per heavy atom. The van der Waals surface area contributed by atoms with Crippen LogP contribution in [0.4, 0.5) is 0 Å². The fraction of sp³-hybridized carbons (Fsp3) is 0.333. The van der Waals surface area contributed by atoms with Crippen LogP contribution in [0.25, 0.3) is 0 Å². The molecular weight excluding hydrogens is 108 g/mol. The molecule has 0 nitrogen and oxygen atoms in total. The molecule has 7 heavy (non-hydrogen) atoms. The zero-order valence-electron chi connectivity index (χ0n) is 4.23. The Hall–Kier alpha value is -0.230. The molecule has 0 heterocycles. The molecule has 0 saturated carbocycles. The number of hydrogen-bond acceptors (Lipinski definition) is 0. The van der Waals surface area contributed by atoms with E-state index in [0.29, 0.717) is 0 Å². The first-order chi connectivity index (χ1) is 3.31. The van der Waals surface area contributed by atoms with Gasteiger partial charge in [-0.25, -0.2) is 0 Å². The monoisotopic (exact) mass is 116 g/mol. The summed E-state index contributed by atoms with van der Waals surface area (Å²) in [6.45, 7) is 7.02. The van der Waals surface area contributed by atoms with Gasteiger partial charge >= 0.3 is 0 Å². The first kappa shape index (κ1) is 6.77. The first-order valence-electron chi connectivity index (χ1n) is 2.18. The molecule has 0 fully saturated rings. The van der Waals surface area contributed by atoms with Crippen molar-refractivity contribution in [1.82, 2.24) is 0 Å². The number of alkyl halides is 1. The van der Waals surface area contributed by atoms with E-state index < -0.39 is 0 Å². The lowest BCUT2D eigenvalue weighted by Crippen LogP contribution is -1.86. The molecule has 0 aromatic heterocycles. The van der Waals surface area contributed by atoms with Crippen molar-refractivity contribution >= 4 is 11.6 Å². The topological polar surface area (TPSA) is 0 Å². The van der Waals surface area contributed by atoms with Crippen LogP contribution >= 0.6 is 11.6 Å². The highest BCUT2D eigenvalue weighted by Crippen LogP contribution is 2.01. The summed E-state index contributed by atoms with van der Waals surface area (Å²) >= 11 is 5.58. The van der Waals surface area contributed by atoms with Crippen molar-refractivity contribution in [3.63, 3.8) is 0 Å². The van der Waals surface area contributed by atoms with Crippen molar-refractivity contribution in [3.8, 4) is 0 Å². The molecule has 0 aromatic rings. The Bertz CT molecular complexity index is 66.6. The minimum Gasteiger partial charge on any atom is -0.118 e. The van der Waals surface area contributed by atoms with Crippen LogP contribution in [0.5, 0.6) is 0 Å². The van der Waals surface area contributed by atoms with Gasteiger partial charge < -0.3 is 0 Å². The minimum absolute atomic E-state index is 0.0671. The molecule has 40 valence electrons. The van der Waals surface area contributed by atoms with Crippen LogP contribution in [0.2, 0.25) is 0 Å². The number of hydrogen-bond donors (Lipinski definition) is 0. The maximum absolute atomic E-state index is 5.58.